The molecule has 2 aliphatic heterocycles. The SMILES string of the molecule is CCCC1CC1NC(=NC)N1CCC(CN2CCCC2)C1. The number of nitrogens with zero attached hydrogens (tertiary/aromatic N) is 3. The highest BCUT2D eigenvalue weighted by atomic mass is 15.3. The van der Waals surface area contributed by atoms with Gasteiger partial charge >= 0.3 is 0 Å². The van der Waals surface area contributed by atoms with Crippen LogP contribution in [0.1, 0.15) is 45.4 Å². The second-order valence-electron chi connectivity index (χ2n) is 7.19. The van der Waals surface area contributed by atoms with Crippen molar-refractivity contribution < 1.29 is 0 Å². The van der Waals surface area contributed by atoms with Crippen molar-refractivity contribution in [3.8, 4) is 0 Å². The first-order valence-electron chi connectivity index (χ1n) is 9.00. The van der Waals surface area contributed by atoms with E-state index in [0.717, 1.165) is 17.8 Å². The summed E-state index contributed by atoms with van der Waals surface area (Å²) in [6, 6.07) is 0.696. The van der Waals surface area contributed by atoms with Crippen LogP contribution in [-0.4, -0.2) is 61.6 Å². The smallest absolute Gasteiger partial charge is 0.193 e. The van der Waals surface area contributed by atoms with Gasteiger partial charge in [-0.05, 0) is 57.0 Å². The average molecular weight is 292 g/mol. The first kappa shape index (κ1) is 15.1. The highest BCUT2D eigenvalue weighted by Gasteiger charge is 2.38. The molecule has 4 nitrogen and oxygen atoms in total. The van der Waals surface area contributed by atoms with E-state index < -0.39 is 0 Å². The van der Waals surface area contributed by atoms with Gasteiger partial charge in [-0.25, -0.2) is 0 Å². The number of hydrogen-bond donors (Lipinski definition) is 1. The van der Waals surface area contributed by atoms with Gasteiger partial charge in [0.05, 0.1) is 0 Å². The quantitative estimate of drug-likeness (QED) is 0.622. The molecule has 0 aromatic heterocycles. The van der Waals surface area contributed by atoms with E-state index in [1.807, 2.05) is 7.05 Å². The molecule has 2 saturated heterocycles. The maximum atomic E-state index is 4.53. The third-order valence-electron chi connectivity index (χ3n) is 5.41. The topological polar surface area (TPSA) is 30.9 Å². The second-order valence-corrected chi connectivity index (χ2v) is 7.19. The molecule has 120 valence electrons. The number of rotatable bonds is 5. The minimum Gasteiger partial charge on any atom is -0.353 e. The zero-order valence-corrected chi connectivity index (χ0v) is 13.9. The molecule has 2 heterocycles. The van der Waals surface area contributed by atoms with E-state index in [1.165, 1.54) is 71.2 Å². The predicted molar refractivity (Wildman–Crippen MR) is 88.7 cm³/mol. The van der Waals surface area contributed by atoms with Crippen LogP contribution in [0.15, 0.2) is 4.99 Å². The summed E-state index contributed by atoms with van der Waals surface area (Å²) in [4.78, 5) is 9.67. The minimum absolute atomic E-state index is 0.696. The molecule has 1 saturated carbocycles. The molecule has 0 spiro atoms. The normalized spacial score (nSPS) is 33.7. The predicted octanol–water partition coefficient (Wildman–Crippen LogP) is 2.17. The molecule has 3 fully saturated rings. The van der Waals surface area contributed by atoms with E-state index in [4.69, 9.17) is 0 Å². The number of hydrogen-bond acceptors (Lipinski definition) is 2. The Hall–Kier alpha value is -0.770. The van der Waals surface area contributed by atoms with E-state index in [9.17, 15) is 0 Å². The van der Waals surface area contributed by atoms with Crippen molar-refractivity contribution in [2.75, 3.05) is 39.8 Å². The molecule has 4 heteroatoms. The Balaban J connectivity index is 1.43. The molecule has 1 aliphatic carbocycles. The number of nitrogens with one attached hydrogen (secondary N) is 1. The maximum absolute atomic E-state index is 4.53. The van der Waals surface area contributed by atoms with Gasteiger partial charge < -0.3 is 15.1 Å². The molecule has 0 aromatic carbocycles. The van der Waals surface area contributed by atoms with Gasteiger partial charge in [0, 0.05) is 32.7 Å². The summed E-state index contributed by atoms with van der Waals surface area (Å²) in [5.41, 5.74) is 0. The van der Waals surface area contributed by atoms with Crippen LogP contribution in [0.5, 0.6) is 0 Å². The number of guanidine groups is 1. The van der Waals surface area contributed by atoms with Crippen LogP contribution in [0.2, 0.25) is 0 Å². The molecule has 0 aromatic rings. The Bertz CT molecular complexity index is 362. The van der Waals surface area contributed by atoms with E-state index in [1.54, 1.807) is 0 Å². The van der Waals surface area contributed by atoms with Gasteiger partial charge in [-0.15, -0.1) is 0 Å². The molecular weight excluding hydrogens is 260 g/mol. The van der Waals surface area contributed by atoms with Gasteiger partial charge in [0.25, 0.3) is 0 Å². The van der Waals surface area contributed by atoms with Crippen molar-refractivity contribution in [3.63, 3.8) is 0 Å². The minimum atomic E-state index is 0.696. The first-order valence-corrected chi connectivity index (χ1v) is 9.00. The zero-order chi connectivity index (χ0) is 14.7. The van der Waals surface area contributed by atoms with Gasteiger partial charge in [0.1, 0.15) is 0 Å². The van der Waals surface area contributed by atoms with Crippen LogP contribution in [0.3, 0.4) is 0 Å². The van der Waals surface area contributed by atoms with Gasteiger partial charge in [0.2, 0.25) is 0 Å². The summed E-state index contributed by atoms with van der Waals surface area (Å²) in [7, 11) is 1.94. The van der Waals surface area contributed by atoms with E-state index in [0.29, 0.717) is 6.04 Å². The summed E-state index contributed by atoms with van der Waals surface area (Å²) in [5.74, 6) is 2.89. The lowest BCUT2D eigenvalue weighted by atomic mass is 10.1. The zero-order valence-electron chi connectivity index (χ0n) is 13.9. The van der Waals surface area contributed by atoms with Gasteiger partial charge in [-0.3, -0.25) is 4.99 Å². The fourth-order valence-corrected chi connectivity index (χ4v) is 4.08. The fourth-order valence-electron chi connectivity index (χ4n) is 4.08. The molecule has 0 bridgehead atoms. The number of aliphatic imine (C=N–C) groups is 1. The Morgan fingerprint density at radius 1 is 1.24 bits per heavy atom. The summed E-state index contributed by atoms with van der Waals surface area (Å²) >= 11 is 0. The highest BCUT2D eigenvalue weighted by Crippen LogP contribution is 2.34. The second kappa shape index (κ2) is 6.99. The summed E-state index contributed by atoms with van der Waals surface area (Å²) in [6.07, 6.45) is 8.16. The van der Waals surface area contributed by atoms with Crippen LogP contribution >= 0.6 is 0 Å². The molecule has 3 unspecified atom stereocenters. The largest absolute Gasteiger partial charge is 0.353 e. The monoisotopic (exact) mass is 292 g/mol. The van der Waals surface area contributed by atoms with Crippen molar-refractivity contribution in [2.24, 2.45) is 16.8 Å². The average Bonchev–Trinajstić information content (AvgIpc) is 2.91. The molecular formula is C17H32N4. The van der Waals surface area contributed by atoms with Crippen molar-refractivity contribution in [3.05, 3.63) is 0 Å². The van der Waals surface area contributed by atoms with Gasteiger partial charge in [-0.1, -0.05) is 13.3 Å². The fraction of sp³-hybridized carbons (Fsp3) is 0.941. The molecule has 1 N–H and O–H groups in total. The Morgan fingerprint density at radius 2 is 2.05 bits per heavy atom. The molecule has 3 atom stereocenters. The lowest BCUT2D eigenvalue weighted by molar-refractivity contribution is 0.281. The van der Waals surface area contributed by atoms with Crippen molar-refractivity contribution >= 4 is 5.96 Å². The van der Waals surface area contributed by atoms with E-state index in [2.05, 4.69) is 27.0 Å². The lowest BCUT2D eigenvalue weighted by Crippen LogP contribution is -2.42. The first-order chi connectivity index (χ1) is 10.3. The van der Waals surface area contributed by atoms with Crippen LogP contribution in [0.25, 0.3) is 0 Å². The Morgan fingerprint density at radius 3 is 2.76 bits per heavy atom. The standard InChI is InChI=1S/C17H32N4/c1-3-6-15-11-16(15)19-17(18-2)21-10-7-14(13-21)12-20-8-4-5-9-20/h14-16H,3-13H2,1-2H3,(H,18,19). The van der Waals surface area contributed by atoms with Crippen molar-refractivity contribution in [2.45, 2.75) is 51.5 Å². The van der Waals surface area contributed by atoms with Crippen LogP contribution in [-0.2, 0) is 0 Å². The maximum Gasteiger partial charge on any atom is 0.193 e. The van der Waals surface area contributed by atoms with Crippen LogP contribution in [0, 0.1) is 11.8 Å². The van der Waals surface area contributed by atoms with Crippen LogP contribution in [0.4, 0.5) is 0 Å². The summed E-state index contributed by atoms with van der Waals surface area (Å²) in [6.45, 7) is 8.61. The highest BCUT2D eigenvalue weighted by molar-refractivity contribution is 5.80. The summed E-state index contributed by atoms with van der Waals surface area (Å²) < 4.78 is 0. The Labute approximate surface area is 130 Å². The molecule has 0 amide bonds. The van der Waals surface area contributed by atoms with Gasteiger partial charge in [0.15, 0.2) is 5.96 Å². The van der Waals surface area contributed by atoms with Crippen LogP contribution < -0.4 is 5.32 Å². The molecule has 3 aliphatic rings. The number of likely N-dealkylation sites (tertiary alicyclic amines) is 2. The third kappa shape index (κ3) is 3.91. The third-order valence-corrected chi connectivity index (χ3v) is 5.41. The molecule has 21 heavy (non-hydrogen) atoms. The Kier molecular flexibility index (Phi) is 5.04. The lowest BCUT2D eigenvalue weighted by Gasteiger charge is -2.23. The molecule has 0 radical (unpaired) electrons. The molecule has 3 rings (SSSR count). The van der Waals surface area contributed by atoms with Gasteiger partial charge in [-0.2, -0.15) is 0 Å². The van der Waals surface area contributed by atoms with E-state index in [-0.39, 0.29) is 0 Å². The van der Waals surface area contributed by atoms with E-state index >= 15 is 0 Å². The summed E-state index contributed by atoms with van der Waals surface area (Å²) in [5, 5.41) is 3.69. The van der Waals surface area contributed by atoms with Crippen molar-refractivity contribution in [1.29, 1.82) is 0 Å². The van der Waals surface area contributed by atoms with Crippen molar-refractivity contribution in [1.82, 2.24) is 15.1 Å².